The van der Waals surface area contributed by atoms with Gasteiger partial charge in [-0.2, -0.15) is 0 Å². The largest absolute Gasteiger partial charge is 0.372 e. The number of hydrogen-bond donors (Lipinski definition) is 2. The highest BCUT2D eigenvalue weighted by molar-refractivity contribution is 5.65. The Bertz CT molecular complexity index is 384. The summed E-state index contributed by atoms with van der Waals surface area (Å²) >= 11 is 0. The molecule has 0 saturated carbocycles. The molecular weight excluding hydrogens is 188 g/mol. The smallest absolute Gasteiger partial charge is 0.144 e. The fourth-order valence-electron chi connectivity index (χ4n) is 1.75. The summed E-state index contributed by atoms with van der Waals surface area (Å²) in [6, 6.07) is 0. The molecule has 1 aromatic heterocycles. The Labute approximate surface area is 89.8 Å². The molecule has 0 bridgehead atoms. The highest BCUT2D eigenvalue weighted by Gasteiger charge is 2.10. The minimum atomic E-state index is 0.825. The monoisotopic (exact) mass is 204 g/mol. The third kappa shape index (κ3) is 2.15. The van der Waals surface area contributed by atoms with Crippen molar-refractivity contribution < 1.29 is 0 Å². The molecule has 0 saturated heterocycles. The Balaban J connectivity index is 2.32. The highest BCUT2D eigenvalue weighted by atomic mass is 15.0. The highest BCUT2D eigenvalue weighted by Crippen LogP contribution is 2.20. The second-order valence-corrected chi connectivity index (χ2v) is 3.62. The van der Waals surface area contributed by atoms with Gasteiger partial charge >= 0.3 is 0 Å². The van der Waals surface area contributed by atoms with Crippen molar-refractivity contribution in [3.05, 3.63) is 23.7 Å². The van der Waals surface area contributed by atoms with Crippen LogP contribution in [0.25, 0.3) is 5.57 Å². The lowest BCUT2D eigenvalue weighted by atomic mass is 10.0. The SMILES string of the molecule is CNc1cnc(C2=CCNCC2)c(C)n1. The molecule has 0 radical (unpaired) electrons. The van der Waals surface area contributed by atoms with Crippen molar-refractivity contribution in [2.24, 2.45) is 0 Å². The normalized spacial score (nSPS) is 16.0. The predicted molar refractivity (Wildman–Crippen MR) is 61.8 cm³/mol. The topological polar surface area (TPSA) is 49.8 Å². The van der Waals surface area contributed by atoms with Gasteiger partial charge in [0.1, 0.15) is 5.82 Å². The molecule has 2 heterocycles. The minimum absolute atomic E-state index is 0.825. The van der Waals surface area contributed by atoms with Crippen LogP contribution < -0.4 is 10.6 Å². The van der Waals surface area contributed by atoms with E-state index in [9.17, 15) is 0 Å². The van der Waals surface area contributed by atoms with Gasteiger partial charge in [-0.25, -0.2) is 4.98 Å². The Hall–Kier alpha value is -1.42. The summed E-state index contributed by atoms with van der Waals surface area (Å²) in [5.74, 6) is 0.825. The van der Waals surface area contributed by atoms with Gasteiger partial charge in [0.15, 0.2) is 0 Å². The quantitative estimate of drug-likeness (QED) is 0.760. The van der Waals surface area contributed by atoms with Crippen LogP contribution >= 0.6 is 0 Å². The molecule has 80 valence electrons. The van der Waals surface area contributed by atoms with Gasteiger partial charge in [0.2, 0.25) is 0 Å². The van der Waals surface area contributed by atoms with Gasteiger partial charge in [0.25, 0.3) is 0 Å². The first-order valence-corrected chi connectivity index (χ1v) is 5.23. The molecule has 2 N–H and O–H groups in total. The van der Waals surface area contributed by atoms with Crippen LogP contribution in [0.3, 0.4) is 0 Å². The van der Waals surface area contributed by atoms with E-state index in [-0.39, 0.29) is 0 Å². The molecule has 0 aliphatic carbocycles. The van der Waals surface area contributed by atoms with Crippen LogP contribution in [0.15, 0.2) is 12.3 Å². The van der Waals surface area contributed by atoms with Gasteiger partial charge in [0, 0.05) is 13.6 Å². The average molecular weight is 204 g/mol. The van der Waals surface area contributed by atoms with Crippen molar-refractivity contribution in [3.8, 4) is 0 Å². The molecule has 0 amide bonds. The molecule has 0 aromatic carbocycles. The van der Waals surface area contributed by atoms with Crippen LogP contribution in [0.4, 0.5) is 5.82 Å². The first-order valence-electron chi connectivity index (χ1n) is 5.23. The number of aryl methyl sites for hydroxylation is 1. The van der Waals surface area contributed by atoms with E-state index in [1.54, 1.807) is 6.20 Å². The average Bonchev–Trinajstić information content (AvgIpc) is 2.30. The maximum atomic E-state index is 4.45. The zero-order valence-electron chi connectivity index (χ0n) is 9.17. The van der Waals surface area contributed by atoms with E-state index < -0.39 is 0 Å². The first-order chi connectivity index (χ1) is 7.31. The molecule has 4 heteroatoms. The Kier molecular flexibility index (Phi) is 2.97. The third-order valence-electron chi connectivity index (χ3n) is 2.57. The van der Waals surface area contributed by atoms with Crippen molar-refractivity contribution in [1.82, 2.24) is 15.3 Å². The van der Waals surface area contributed by atoms with Crippen molar-refractivity contribution in [2.75, 3.05) is 25.5 Å². The van der Waals surface area contributed by atoms with Gasteiger partial charge in [-0.3, -0.25) is 4.98 Å². The Morgan fingerprint density at radius 3 is 2.93 bits per heavy atom. The molecular formula is C11H16N4. The molecule has 15 heavy (non-hydrogen) atoms. The molecule has 1 aliphatic heterocycles. The summed E-state index contributed by atoms with van der Waals surface area (Å²) in [5, 5.41) is 6.28. The van der Waals surface area contributed by atoms with Gasteiger partial charge in [0.05, 0.1) is 17.6 Å². The van der Waals surface area contributed by atoms with Crippen molar-refractivity contribution in [2.45, 2.75) is 13.3 Å². The lowest BCUT2D eigenvalue weighted by Crippen LogP contribution is -2.20. The summed E-state index contributed by atoms with van der Waals surface area (Å²) in [7, 11) is 1.85. The summed E-state index contributed by atoms with van der Waals surface area (Å²) in [6.45, 7) is 3.97. The lowest BCUT2D eigenvalue weighted by Gasteiger charge is -2.15. The molecule has 0 spiro atoms. The minimum Gasteiger partial charge on any atom is -0.372 e. The second-order valence-electron chi connectivity index (χ2n) is 3.62. The van der Waals surface area contributed by atoms with E-state index in [2.05, 4.69) is 26.7 Å². The number of aromatic nitrogens is 2. The number of rotatable bonds is 2. The number of hydrogen-bond acceptors (Lipinski definition) is 4. The Morgan fingerprint density at radius 1 is 1.47 bits per heavy atom. The van der Waals surface area contributed by atoms with Crippen molar-refractivity contribution >= 4 is 11.4 Å². The number of nitrogens with zero attached hydrogens (tertiary/aromatic N) is 2. The van der Waals surface area contributed by atoms with E-state index in [4.69, 9.17) is 0 Å². The zero-order valence-corrected chi connectivity index (χ0v) is 9.17. The van der Waals surface area contributed by atoms with E-state index in [1.807, 2.05) is 14.0 Å². The summed E-state index contributed by atoms with van der Waals surface area (Å²) in [5.41, 5.74) is 3.34. The number of nitrogens with one attached hydrogen (secondary N) is 2. The molecule has 1 aliphatic rings. The van der Waals surface area contributed by atoms with Gasteiger partial charge in [-0.05, 0) is 25.5 Å². The van der Waals surface area contributed by atoms with E-state index >= 15 is 0 Å². The number of anilines is 1. The van der Waals surface area contributed by atoms with Crippen LogP contribution in [0.2, 0.25) is 0 Å². The molecule has 0 atom stereocenters. The van der Waals surface area contributed by atoms with Gasteiger partial charge < -0.3 is 10.6 Å². The first kappa shape index (κ1) is 10.1. The van der Waals surface area contributed by atoms with Crippen molar-refractivity contribution in [3.63, 3.8) is 0 Å². The third-order valence-corrected chi connectivity index (χ3v) is 2.57. The predicted octanol–water partition coefficient (Wildman–Crippen LogP) is 1.20. The lowest BCUT2D eigenvalue weighted by molar-refractivity contribution is 0.735. The fourth-order valence-corrected chi connectivity index (χ4v) is 1.75. The van der Waals surface area contributed by atoms with Crippen LogP contribution in [0, 0.1) is 6.92 Å². The fraction of sp³-hybridized carbons (Fsp3) is 0.455. The second kappa shape index (κ2) is 4.40. The molecule has 1 aromatic rings. The molecule has 0 fully saturated rings. The van der Waals surface area contributed by atoms with E-state index in [0.717, 1.165) is 36.7 Å². The van der Waals surface area contributed by atoms with E-state index in [0.29, 0.717) is 0 Å². The van der Waals surface area contributed by atoms with Gasteiger partial charge in [-0.15, -0.1) is 0 Å². The van der Waals surface area contributed by atoms with Crippen LogP contribution in [0.5, 0.6) is 0 Å². The molecule has 2 rings (SSSR count). The van der Waals surface area contributed by atoms with Crippen LogP contribution in [-0.2, 0) is 0 Å². The van der Waals surface area contributed by atoms with Gasteiger partial charge in [-0.1, -0.05) is 6.08 Å². The molecule has 0 unspecified atom stereocenters. The van der Waals surface area contributed by atoms with Crippen LogP contribution in [-0.4, -0.2) is 30.1 Å². The summed E-state index contributed by atoms with van der Waals surface area (Å²) < 4.78 is 0. The summed E-state index contributed by atoms with van der Waals surface area (Å²) in [6.07, 6.45) is 5.01. The Morgan fingerprint density at radius 2 is 2.33 bits per heavy atom. The standard InChI is InChI=1S/C11H16N4/c1-8-11(9-3-5-13-6-4-9)14-7-10(12-2)15-8/h3,7,13H,4-6H2,1-2H3,(H,12,15). The maximum absolute atomic E-state index is 4.45. The maximum Gasteiger partial charge on any atom is 0.144 e. The van der Waals surface area contributed by atoms with E-state index in [1.165, 1.54) is 5.57 Å². The summed E-state index contributed by atoms with van der Waals surface area (Å²) in [4.78, 5) is 8.88. The molecule has 4 nitrogen and oxygen atoms in total. The zero-order chi connectivity index (χ0) is 10.7. The van der Waals surface area contributed by atoms with Crippen molar-refractivity contribution in [1.29, 1.82) is 0 Å². The van der Waals surface area contributed by atoms with Crippen LogP contribution in [0.1, 0.15) is 17.8 Å².